The minimum atomic E-state index is -0.532. The van der Waals surface area contributed by atoms with E-state index in [0.29, 0.717) is 19.7 Å². The molecule has 0 N–H and O–H groups in total. The van der Waals surface area contributed by atoms with E-state index in [4.69, 9.17) is 14.5 Å². The number of amides is 2. The number of pyridine rings is 1. The number of benzene rings is 1. The molecular weight excluding hydrogens is 526 g/mol. The van der Waals surface area contributed by atoms with Crippen molar-refractivity contribution in [3.8, 4) is 17.0 Å². The van der Waals surface area contributed by atoms with E-state index in [1.54, 1.807) is 23.3 Å². The molecule has 0 aliphatic carbocycles. The summed E-state index contributed by atoms with van der Waals surface area (Å²) in [4.78, 5) is 37.4. The number of thiophene rings is 1. The molecule has 3 aromatic rings. The number of aromatic nitrogens is 1. The van der Waals surface area contributed by atoms with Crippen molar-refractivity contribution in [3.05, 3.63) is 36.4 Å². The normalized spacial score (nSPS) is 15.3. The van der Waals surface area contributed by atoms with E-state index >= 15 is 0 Å². The molecule has 1 aliphatic heterocycles. The Kier molecular flexibility index (Phi) is 8.77. The lowest BCUT2D eigenvalue weighted by Gasteiger charge is -2.24. The number of nitrogens with zero attached hydrogens (tertiary/aromatic N) is 5. The van der Waals surface area contributed by atoms with Crippen molar-refractivity contribution < 1.29 is 19.1 Å². The number of hydrogen-bond acceptors (Lipinski definition) is 8. The lowest BCUT2D eigenvalue weighted by atomic mass is 10.1. The third-order valence-corrected chi connectivity index (χ3v) is 8.07. The Morgan fingerprint density at radius 2 is 1.77 bits per heavy atom. The van der Waals surface area contributed by atoms with Crippen LogP contribution in [0.25, 0.3) is 21.5 Å². The fraction of sp³-hybridized carbons (Fsp3) is 0.500. The summed E-state index contributed by atoms with van der Waals surface area (Å²) >= 11 is 1.73. The molecular formula is C30H41N5O4S. The molecule has 40 heavy (non-hydrogen) atoms. The second-order valence-corrected chi connectivity index (χ2v) is 12.7. The van der Waals surface area contributed by atoms with Gasteiger partial charge < -0.3 is 29.1 Å². The summed E-state index contributed by atoms with van der Waals surface area (Å²) in [5, 5.41) is 1.14. The van der Waals surface area contributed by atoms with E-state index in [-0.39, 0.29) is 17.9 Å². The van der Waals surface area contributed by atoms with Gasteiger partial charge >= 0.3 is 6.09 Å². The number of fused-ring (bicyclic) bond motifs is 1. The summed E-state index contributed by atoms with van der Waals surface area (Å²) in [5.41, 5.74) is 3.41. The van der Waals surface area contributed by atoms with Crippen molar-refractivity contribution in [1.82, 2.24) is 14.8 Å². The van der Waals surface area contributed by atoms with Crippen LogP contribution < -0.4 is 14.5 Å². The maximum atomic E-state index is 12.6. The lowest BCUT2D eigenvalue weighted by molar-refractivity contribution is -0.132. The Balaban J connectivity index is 1.51. The molecule has 1 atom stereocenters. The molecule has 1 saturated heterocycles. The van der Waals surface area contributed by atoms with Crippen LogP contribution in [0.5, 0.6) is 5.75 Å². The molecule has 9 nitrogen and oxygen atoms in total. The van der Waals surface area contributed by atoms with Gasteiger partial charge in [-0.3, -0.25) is 4.79 Å². The van der Waals surface area contributed by atoms with Crippen molar-refractivity contribution in [2.75, 3.05) is 71.3 Å². The Labute approximate surface area is 241 Å². The predicted octanol–water partition coefficient (Wildman–Crippen LogP) is 5.19. The van der Waals surface area contributed by atoms with Gasteiger partial charge in [-0.1, -0.05) is 0 Å². The fourth-order valence-electron chi connectivity index (χ4n) is 4.59. The van der Waals surface area contributed by atoms with Crippen LogP contribution in [0.2, 0.25) is 0 Å². The van der Waals surface area contributed by atoms with Gasteiger partial charge in [0.15, 0.2) is 0 Å². The van der Waals surface area contributed by atoms with E-state index in [2.05, 4.69) is 21.9 Å². The van der Waals surface area contributed by atoms with Gasteiger partial charge in [0.25, 0.3) is 0 Å². The first kappa shape index (κ1) is 29.5. The number of anilines is 2. The summed E-state index contributed by atoms with van der Waals surface area (Å²) in [7, 11) is 9.42. The second kappa shape index (κ2) is 11.9. The lowest BCUT2D eigenvalue weighted by Crippen LogP contribution is -2.36. The average Bonchev–Trinajstić information content (AvgIpc) is 3.55. The summed E-state index contributed by atoms with van der Waals surface area (Å²) in [6.45, 7) is 7.85. The number of likely N-dealkylation sites (N-methyl/N-ethyl adjacent to an activating group) is 1. The van der Waals surface area contributed by atoms with Crippen LogP contribution in [0.3, 0.4) is 0 Å². The third-order valence-electron chi connectivity index (χ3n) is 6.76. The van der Waals surface area contributed by atoms with Crippen molar-refractivity contribution in [2.24, 2.45) is 5.92 Å². The van der Waals surface area contributed by atoms with E-state index in [0.717, 1.165) is 50.9 Å². The standard InChI is InChI=1S/C30H41N5O4S/c1-30(2,3)39-29(37)34(8)15-16-38-22-11-9-20(10-12-22)23-17-25(27-24(31-23)18-26(40-27)32(4)5)35-14-13-21(19-35)28(36)33(6)7/h9-12,17-18,21H,13-16,19H2,1-8H3. The number of carbonyl (C=O) groups excluding carboxylic acids is 2. The average molecular weight is 568 g/mol. The maximum absolute atomic E-state index is 12.6. The number of ether oxygens (including phenoxy) is 2. The molecule has 0 spiro atoms. The molecule has 2 aromatic heterocycles. The Morgan fingerprint density at radius 3 is 2.40 bits per heavy atom. The van der Waals surface area contributed by atoms with Crippen LogP contribution in [0.15, 0.2) is 36.4 Å². The minimum absolute atomic E-state index is 0.000687. The molecule has 2 amide bonds. The molecule has 0 saturated carbocycles. The summed E-state index contributed by atoms with van der Waals surface area (Å²) in [6.07, 6.45) is 0.474. The number of hydrogen-bond donors (Lipinski definition) is 0. The fourth-order valence-corrected chi connectivity index (χ4v) is 5.66. The number of carbonyl (C=O) groups is 2. The van der Waals surface area contributed by atoms with Gasteiger partial charge in [0, 0.05) is 53.9 Å². The molecule has 1 unspecified atom stereocenters. The summed E-state index contributed by atoms with van der Waals surface area (Å²) in [5.74, 6) is 0.902. The van der Waals surface area contributed by atoms with Gasteiger partial charge in [-0.25, -0.2) is 9.78 Å². The Hall–Kier alpha value is -3.53. The molecule has 1 aliphatic rings. The quantitative estimate of drug-likeness (QED) is 0.371. The summed E-state index contributed by atoms with van der Waals surface area (Å²) < 4.78 is 12.4. The first-order chi connectivity index (χ1) is 18.8. The summed E-state index contributed by atoms with van der Waals surface area (Å²) in [6, 6.07) is 12.1. The SMILES string of the molecule is CN(C)C(=O)C1CCN(c2cc(-c3ccc(OCCN(C)C(=O)OC(C)(C)C)cc3)nc3cc(N(C)C)sc23)C1. The molecule has 0 bridgehead atoms. The van der Waals surface area contributed by atoms with E-state index < -0.39 is 5.60 Å². The zero-order valence-electron chi connectivity index (χ0n) is 24.9. The first-order valence-corrected chi connectivity index (χ1v) is 14.4. The van der Waals surface area contributed by atoms with E-state index in [1.165, 1.54) is 4.90 Å². The van der Waals surface area contributed by atoms with Gasteiger partial charge in [-0.15, -0.1) is 11.3 Å². The van der Waals surface area contributed by atoms with Crippen LogP contribution in [0.4, 0.5) is 15.5 Å². The Bertz CT molecular complexity index is 1350. The van der Waals surface area contributed by atoms with Gasteiger partial charge in [0.1, 0.15) is 18.0 Å². The van der Waals surface area contributed by atoms with Crippen molar-refractivity contribution in [2.45, 2.75) is 32.8 Å². The van der Waals surface area contributed by atoms with Gasteiger partial charge in [-0.05, 0) is 63.6 Å². The topological polar surface area (TPSA) is 78.5 Å². The largest absolute Gasteiger partial charge is 0.492 e. The zero-order valence-corrected chi connectivity index (χ0v) is 25.7. The van der Waals surface area contributed by atoms with Gasteiger partial charge in [0.05, 0.1) is 39.1 Å². The monoisotopic (exact) mass is 567 g/mol. The molecule has 1 fully saturated rings. The van der Waals surface area contributed by atoms with Crippen molar-refractivity contribution in [1.29, 1.82) is 0 Å². The van der Waals surface area contributed by atoms with Crippen molar-refractivity contribution in [3.63, 3.8) is 0 Å². The van der Waals surface area contributed by atoms with Gasteiger partial charge in [0.2, 0.25) is 5.91 Å². The molecule has 4 rings (SSSR count). The van der Waals surface area contributed by atoms with Crippen LogP contribution in [0.1, 0.15) is 27.2 Å². The van der Waals surface area contributed by atoms with Crippen LogP contribution in [0, 0.1) is 5.92 Å². The first-order valence-electron chi connectivity index (χ1n) is 13.6. The van der Waals surface area contributed by atoms with Gasteiger partial charge in [-0.2, -0.15) is 0 Å². The maximum Gasteiger partial charge on any atom is 0.410 e. The predicted molar refractivity (Wildman–Crippen MR) is 163 cm³/mol. The molecule has 216 valence electrons. The highest BCUT2D eigenvalue weighted by molar-refractivity contribution is 7.23. The highest BCUT2D eigenvalue weighted by atomic mass is 32.1. The Morgan fingerprint density at radius 1 is 1.07 bits per heavy atom. The molecule has 10 heteroatoms. The highest BCUT2D eigenvalue weighted by Gasteiger charge is 2.31. The number of rotatable bonds is 8. The van der Waals surface area contributed by atoms with E-state index in [1.807, 2.05) is 73.2 Å². The molecule has 0 radical (unpaired) electrons. The second-order valence-electron chi connectivity index (χ2n) is 11.7. The molecule has 3 heterocycles. The van der Waals surface area contributed by atoms with Crippen LogP contribution >= 0.6 is 11.3 Å². The minimum Gasteiger partial charge on any atom is -0.492 e. The van der Waals surface area contributed by atoms with Crippen molar-refractivity contribution >= 4 is 44.2 Å². The van der Waals surface area contributed by atoms with E-state index in [9.17, 15) is 9.59 Å². The van der Waals surface area contributed by atoms with Crippen LogP contribution in [-0.2, 0) is 9.53 Å². The third kappa shape index (κ3) is 6.96. The highest BCUT2D eigenvalue weighted by Crippen LogP contribution is 2.41. The molecule has 1 aromatic carbocycles. The zero-order chi connectivity index (χ0) is 29.2. The smallest absolute Gasteiger partial charge is 0.410 e. The van der Waals surface area contributed by atoms with Crippen LogP contribution in [-0.4, -0.2) is 93.9 Å².